The molecule has 0 fully saturated rings. The summed E-state index contributed by atoms with van der Waals surface area (Å²) >= 11 is 0. The summed E-state index contributed by atoms with van der Waals surface area (Å²) in [6.07, 6.45) is 5.90. The Bertz CT molecular complexity index is 463. The van der Waals surface area contributed by atoms with Crippen LogP contribution in [0.1, 0.15) is 11.1 Å². The molecule has 0 atom stereocenters. The van der Waals surface area contributed by atoms with E-state index in [1.54, 1.807) is 14.2 Å². The van der Waals surface area contributed by atoms with Crippen molar-refractivity contribution in [2.24, 2.45) is 0 Å². The number of rotatable bonds is 5. The van der Waals surface area contributed by atoms with E-state index in [1.807, 2.05) is 30.6 Å². The van der Waals surface area contributed by atoms with Crippen LogP contribution in [0, 0.1) is 0 Å². The second kappa shape index (κ2) is 5.43. The van der Waals surface area contributed by atoms with E-state index in [4.69, 9.17) is 9.47 Å². The van der Waals surface area contributed by atoms with E-state index in [0.29, 0.717) is 0 Å². The minimum atomic E-state index is 0.870. The molecule has 90 valence electrons. The first-order valence-electron chi connectivity index (χ1n) is 5.66. The lowest BCUT2D eigenvalue weighted by molar-refractivity contribution is 0.398. The second-order valence-corrected chi connectivity index (χ2v) is 3.90. The van der Waals surface area contributed by atoms with Crippen LogP contribution in [0.25, 0.3) is 0 Å². The number of benzene rings is 1. The predicted molar refractivity (Wildman–Crippen MR) is 67.7 cm³/mol. The van der Waals surface area contributed by atoms with Gasteiger partial charge in [0.2, 0.25) is 0 Å². The Balaban J connectivity index is 2.12. The quantitative estimate of drug-likeness (QED) is 0.858. The van der Waals surface area contributed by atoms with Crippen LogP contribution in [0.3, 0.4) is 0 Å². The molecule has 0 spiro atoms. The van der Waals surface area contributed by atoms with Gasteiger partial charge in [-0.2, -0.15) is 0 Å². The van der Waals surface area contributed by atoms with Crippen molar-refractivity contribution < 1.29 is 9.47 Å². The topological polar surface area (TPSA) is 34.2 Å². The van der Waals surface area contributed by atoms with Crippen molar-refractivity contribution in [2.45, 2.75) is 12.8 Å². The van der Waals surface area contributed by atoms with Gasteiger partial charge in [-0.05, 0) is 48.2 Å². The summed E-state index contributed by atoms with van der Waals surface area (Å²) in [5, 5.41) is 0. The highest BCUT2D eigenvalue weighted by Crippen LogP contribution is 2.25. The summed E-state index contributed by atoms with van der Waals surface area (Å²) in [4.78, 5) is 3.06. The fourth-order valence-corrected chi connectivity index (χ4v) is 1.87. The number of ether oxygens (including phenoxy) is 2. The molecule has 0 aliphatic carbocycles. The Morgan fingerprint density at radius 2 is 1.94 bits per heavy atom. The highest BCUT2D eigenvalue weighted by Gasteiger charge is 2.05. The maximum Gasteiger partial charge on any atom is 0.122 e. The number of nitrogens with one attached hydrogen (secondary N) is 1. The number of aromatic nitrogens is 1. The van der Waals surface area contributed by atoms with Crippen molar-refractivity contribution >= 4 is 0 Å². The number of hydrogen-bond acceptors (Lipinski definition) is 2. The molecule has 1 aromatic heterocycles. The van der Waals surface area contributed by atoms with Gasteiger partial charge in [0.05, 0.1) is 14.2 Å². The number of methoxy groups -OCH3 is 2. The zero-order chi connectivity index (χ0) is 12.1. The van der Waals surface area contributed by atoms with E-state index in [0.717, 1.165) is 24.3 Å². The van der Waals surface area contributed by atoms with Crippen molar-refractivity contribution in [3.05, 3.63) is 47.8 Å². The monoisotopic (exact) mass is 231 g/mol. The summed E-state index contributed by atoms with van der Waals surface area (Å²) in [7, 11) is 3.37. The molecule has 0 aliphatic rings. The maximum absolute atomic E-state index is 5.35. The zero-order valence-electron chi connectivity index (χ0n) is 10.2. The normalized spacial score (nSPS) is 10.2. The van der Waals surface area contributed by atoms with E-state index in [1.165, 1.54) is 11.1 Å². The van der Waals surface area contributed by atoms with Crippen LogP contribution in [0.15, 0.2) is 36.7 Å². The molecule has 2 rings (SSSR count). The van der Waals surface area contributed by atoms with E-state index in [9.17, 15) is 0 Å². The van der Waals surface area contributed by atoms with Gasteiger partial charge in [-0.25, -0.2) is 0 Å². The molecule has 0 saturated heterocycles. The Labute approximate surface area is 101 Å². The first kappa shape index (κ1) is 11.6. The molecule has 0 saturated carbocycles. The zero-order valence-corrected chi connectivity index (χ0v) is 10.2. The third-order valence-electron chi connectivity index (χ3n) is 2.83. The number of H-pyrrole nitrogens is 1. The average molecular weight is 231 g/mol. The average Bonchev–Trinajstić information content (AvgIpc) is 2.89. The molecule has 1 aromatic carbocycles. The first-order chi connectivity index (χ1) is 8.33. The Hall–Kier alpha value is -1.90. The summed E-state index contributed by atoms with van der Waals surface area (Å²) in [5.41, 5.74) is 2.47. The smallest absolute Gasteiger partial charge is 0.122 e. The standard InChI is InChI=1S/C14H17NO2/c1-16-13-5-6-14(17-2)12(9-13)4-3-11-7-8-15-10-11/h5-10,15H,3-4H2,1-2H3. The van der Waals surface area contributed by atoms with Crippen LogP contribution in [0.5, 0.6) is 11.5 Å². The molecule has 17 heavy (non-hydrogen) atoms. The molecular weight excluding hydrogens is 214 g/mol. The molecule has 2 aromatic rings. The molecule has 0 aliphatic heterocycles. The molecule has 0 amide bonds. The van der Waals surface area contributed by atoms with E-state index >= 15 is 0 Å². The Morgan fingerprint density at radius 1 is 1.06 bits per heavy atom. The molecule has 3 nitrogen and oxygen atoms in total. The molecule has 0 bridgehead atoms. The Kier molecular flexibility index (Phi) is 3.70. The molecule has 1 heterocycles. The molecule has 0 radical (unpaired) electrons. The van der Waals surface area contributed by atoms with Gasteiger partial charge in [0.1, 0.15) is 11.5 Å². The lowest BCUT2D eigenvalue weighted by Gasteiger charge is -2.09. The lowest BCUT2D eigenvalue weighted by Crippen LogP contribution is -1.96. The summed E-state index contributed by atoms with van der Waals surface area (Å²) < 4.78 is 10.6. The van der Waals surface area contributed by atoms with Crippen LogP contribution < -0.4 is 9.47 Å². The van der Waals surface area contributed by atoms with Crippen molar-refractivity contribution in [2.75, 3.05) is 14.2 Å². The van der Waals surface area contributed by atoms with Crippen LogP contribution in [-0.2, 0) is 12.8 Å². The minimum absolute atomic E-state index is 0.870. The van der Waals surface area contributed by atoms with E-state index in [2.05, 4.69) is 11.1 Å². The minimum Gasteiger partial charge on any atom is -0.497 e. The largest absolute Gasteiger partial charge is 0.497 e. The van der Waals surface area contributed by atoms with Crippen LogP contribution >= 0.6 is 0 Å². The highest BCUT2D eigenvalue weighted by atomic mass is 16.5. The van der Waals surface area contributed by atoms with Crippen LogP contribution in [-0.4, -0.2) is 19.2 Å². The lowest BCUT2D eigenvalue weighted by atomic mass is 10.1. The number of hydrogen-bond donors (Lipinski definition) is 1. The van der Waals surface area contributed by atoms with E-state index in [-0.39, 0.29) is 0 Å². The van der Waals surface area contributed by atoms with Crippen LogP contribution in [0.4, 0.5) is 0 Å². The van der Waals surface area contributed by atoms with Gasteiger partial charge < -0.3 is 14.5 Å². The van der Waals surface area contributed by atoms with Gasteiger partial charge in [-0.15, -0.1) is 0 Å². The first-order valence-corrected chi connectivity index (χ1v) is 5.66. The molecule has 1 N–H and O–H groups in total. The van der Waals surface area contributed by atoms with Crippen molar-refractivity contribution in [3.63, 3.8) is 0 Å². The second-order valence-electron chi connectivity index (χ2n) is 3.90. The van der Waals surface area contributed by atoms with Crippen molar-refractivity contribution in [3.8, 4) is 11.5 Å². The van der Waals surface area contributed by atoms with Crippen molar-refractivity contribution in [1.29, 1.82) is 0 Å². The predicted octanol–water partition coefficient (Wildman–Crippen LogP) is 2.82. The third-order valence-corrected chi connectivity index (χ3v) is 2.83. The number of aryl methyl sites for hydroxylation is 2. The van der Waals surface area contributed by atoms with Gasteiger partial charge >= 0.3 is 0 Å². The SMILES string of the molecule is COc1ccc(OC)c(CCc2cc[nH]c2)c1. The van der Waals surface area contributed by atoms with Crippen LogP contribution in [0.2, 0.25) is 0 Å². The number of aromatic amines is 1. The Morgan fingerprint density at radius 3 is 2.59 bits per heavy atom. The van der Waals surface area contributed by atoms with Crippen molar-refractivity contribution in [1.82, 2.24) is 4.98 Å². The fourth-order valence-electron chi connectivity index (χ4n) is 1.87. The van der Waals surface area contributed by atoms with E-state index < -0.39 is 0 Å². The maximum atomic E-state index is 5.35. The van der Waals surface area contributed by atoms with Gasteiger partial charge in [-0.1, -0.05) is 0 Å². The third kappa shape index (κ3) is 2.81. The van der Waals surface area contributed by atoms with Gasteiger partial charge in [-0.3, -0.25) is 0 Å². The van der Waals surface area contributed by atoms with Gasteiger partial charge in [0.25, 0.3) is 0 Å². The van der Waals surface area contributed by atoms with Gasteiger partial charge in [0.15, 0.2) is 0 Å². The molecule has 3 heteroatoms. The fraction of sp³-hybridized carbons (Fsp3) is 0.286. The summed E-state index contributed by atoms with van der Waals surface area (Å²) in [6.45, 7) is 0. The molecular formula is C14H17NO2. The van der Waals surface area contributed by atoms with Gasteiger partial charge in [0, 0.05) is 12.4 Å². The molecule has 0 unspecified atom stereocenters. The summed E-state index contributed by atoms with van der Waals surface area (Å²) in [5.74, 6) is 1.79. The summed E-state index contributed by atoms with van der Waals surface area (Å²) in [6, 6.07) is 7.99. The highest BCUT2D eigenvalue weighted by molar-refractivity contribution is 5.40.